The minimum atomic E-state index is 0.693. The van der Waals surface area contributed by atoms with Crippen molar-refractivity contribution >= 4 is 11.8 Å². The Morgan fingerprint density at radius 1 is 1.35 bits per heavy atom. The number of imidazole rings is 1. The van der Waals surface area contributed by atoms with Crippen LogP contribution in [0.5, 0.6) is 0 Å². The zero-order valence-electron chi connectivity index (χ0n) is 10.6. The van der Waals surface area contributed by atoms with Crippen molar-refractivity contribution in [3.8, 4) is 6.07 Å². The molecule has 0 aliphatic carbocycles. The maximum atomic E-state index is 8.45. The number of nitriles is 1. The summed E-state index contributed by atoms with van der Waals surface area (Å²) >= 11 is 1.90. The fraction of sp³-hybridized carbons (Fsp3) is 0.692. The molecule has 3 nitrogen and oxygen atoms in total. The van der Waals surface area contributed by atoms with Crippen molar-refractivity contribution < 1.29 is 4.57 Å². The molecular weight excluding hydrogens is 230 g/mol. The Hall–Kier alpha value is -0.950. The molecule has 17 heavy (non-hydrogen) atoms. The Kier molecular flexibility index (Phi) is 7.57. The third kappa shape index (κ3) is 5.78. The summed E-state index contributed by atoms with van der Waals surface area (Å²) in [6, 6.07) is 2.19. The van der Waals surface area contributed by atoms with E-state index in [4.69, 9.17) is 5.26 Å². The van der Waals surface area contributed by atoms with Gasteiger partial charge in [-0.1, -0.05) is 6.42 Å². The first-order valence-electron chi connectivity index (χ1n) is 6.30. The second-order valence-corrected chi connectivity index (χ2v) is 5.15. The van der Waals surface area contributed by atoms with Crippen molar-refractivity contribution in [1.29, 1.82) is 5.26 Å². The normalized spacial score (nSPS) is 10.4. The molecular formula is C13H22N3S+. The standard InChI is InChI=1S/C13H21N3S/c1-17-12-6-10-16-11-9-15-13(16)7-4-2-3-5-8-14/h9,11H,2-7,10,12H2,1H3/p+1. The molecule has 1 rings (SSSR count). The first-order valence-corrected chi connectivity index (χ1v) is 7.69. The quantitative estimate of drug-likeness (QED) is 0.542. The highest BCUT2D eigenvalue weighted by Crippen LogP contribution is 2.03. The van der Waals surface area contributed by atoms with Crippen LogP contribution in [0.3, 0.4) is 0 Å². The molecule has 0 saturated carbocycles. The van der Waals surface area contributed by atoms with E-state index >= 15 is 0 Å². The molecule has 1 aromatic rings. The summed E-state index contributed by atoms with van der Waals surface area (Å²) in [7, 11) is 0. The van der Waals surface area contributed by atoms with Gasteiger partial charge in [0.15, 0.2) is 0 Å². The van der Waals surface area contributed by atoms with Crippen molar-refractivity contribution in [3.63, 3.8) is 0 Å². The molecule has 0 aliphatic rings. The van der Waals surface area contributed by atoms with Gasteiger partial charge in [0.05, 0.1) is 12.6 Å². The molecule has 0 atom stereocenters. The lowest BCUT2D eigenvalue weighted by Gasteiger charge is -2.00. The molecule has 4 heteroatoms. The van der Waals surface area contributed by atoms with E-state index in [-0.39, 0.29) is 0 Å². The van der Waals surface area contributed by atoms with Gasteiger partial charge in [-0.3, -0.25) is 0 Å². The molecule has 0 aliphatic heterocycles. The number of H-pyrrole nitrogens is 1. The number of unbranched alkanes of at least 4 members (excludes halogenated alkanes) is 3. The van der Waals surface area contributed by atoms with E-state index in [0.717, 1.165) is 25.8 Å². The summed E-state index contributed by atoms with van der Waals surface area (Å²) in [5.41, 5.74) is 0. The monoisotopic (exact) mass is 252 g/mol. The molecule has 0 fully saturated rings. The highest BCUT2D eigenvalue weighted by atomic mass is 32.2. The van der Waals surface area contributed by atoms with Gasteiger partial charge in [-0.05, 0) is 31.3 Å². The van der Waals surface area contributed by atoms with Crippen LogP contribution in [0.25, 0.3) is 0 Å². The van der Waals surface area contributed by atoms with E-state index in [1.165, 1.54) is 24.4 Å². The number of rotatable bonds is 9. The van der Waals surface area contributed by atoms with E-state index in [0.29, 0.717) is 6.42 Å². The van der Waals surface area contributed by atoms with Gasteiger partial charge in [0, 0.05) is 12.8 Å². The number of nitrogens with one attached hydrogen (secondary N) is 1. The second-order valence-electron chi connectivity index (χ2n) is 4.17. The van der Waals surface area contributed by atoms with E-state index < -0.39 is 0 Å². The van der Waals surface area contributed by atoms with E-state index in [1.54, 1.807) is 0 Å². The molecule has 0 amide bonds. The van der Waals surface area contributed by atoms with Crippen LogP contribution < -0.4 is 4.57 Å². The predicted octanol–water partition coefficient (Wildman–Crippen LogP) is 2.68. The zero-order valence-corrected chi connectivity index (χ0v) is 11.4. The fourth-order valence-corrected chi connectivity index (χ4v) is 2.29. The molecule has 0 radical (unpaired) electrons. The number of aromatic nitrogens is 2. The lowest BCUT2D eigenvalue weighted by molar-refractivity contribution is -0.702. The van der Waals surface area contributed by atoms with Crippen LogP contribution >= 0.6 is 11.8 Å². The zero-order chi connectivity index (χ0) is 12.3. The van der Waals surface area contributed by atoms with Gasteiger partial charge in [0.25, 0.3) is 5.82 Å². The van der Waals surface area contributed by atoms with Crippen LogP contribution in [0.2, 0.25) is 0 Å². The van der Waals surface area contributed by atoms with Crippen LogP contribution in [0.15, 0.2) is 12.4 Å². The molecule has 1 heterocycles. The van der Waals surface area contributed by atoms with Crippen molar-refractivity contribution in [2.75, 3.05) is 12.0 Å². The average molecular weight is 252 g/mol. The second kappa shape index (κ2) is 9.12. The Morgan fingerprint density at radius 3 is 3.00 bits per heavy atom. The lowest BCUT2D eigenvalue weighted by Crippen LogP contribution is -2.36. The number of nitrogens with zero attached hydrogens (tertiary/aromatic N) is 2. The molecule has 1 aromatic heterocycles. The summed E-state index contributed by atoms with van der Waals surface area (Å²) in [5, 5.41) is 8.45. The predicted molar refractivity (Wildman–Crippen MR) is 71.8 cm³/mol. The van der Waals surface area contributed by atoms with Gasteiger partial charge in [-0.25, -0.2) is 9.55 Å². The minimum Gasteiger partial charge on any atom is -0.248 e. The number of hydrogen-bond acceptors (Lipinski definition) is 2. The van der Waals surface area contributed by atoms with E-state index in [9.17, 15) is 0 Å². The molecule has 0 aromatic carbocycles. The van der Waals surface area contributed by atoms with Crippen LogP contribution in [0.1, 0.15) is 37.9 Å². The Morgan fingerprint density at radius 2 is 2.24 bits per heavy atom. The number of aromatic amines is 1. The van der Waals surface area contributed by atoms with Crippen molar-refractivity contribution in [3.05, 3.63) is 18.2 Å². The Bertz CT molecular complexity index is 341. The third-order valence-electron chi connectivity index (χ3n) is 2.80. The largest absolute Gasteiger partial charge is 0.254 e. The summed E-state index contributed by atoms with van der Waals surface area (Å²) in [6.45, 7) is 1.11. The maximum absolute atomic E-state index is 8.45. The number of hydrogen-bond donors (Lipinski definition) is 1. The van der Waals surface area contributed by atoms with Gasteiger partial charge in [-0.2, -0.15) is 17.0 Å². The minimum absolute atomic E-state index is 0.693. The van der Waals surface area contributed by atoms with Gasteiger partial charge in [0.2, 0.25) is 0 Å². The smallest absolute Gasteiger partial charge is 0.248 e. The van der Waals surface area contributed by atoms with Gasteiger partial charge in [-0.15, -0.1) is 0 Å². The van der Waals surface area contributed by atoms with Crippen LogP contribution in [0.4, 0.5) is 0 Å². The Balaban J connectivity index is 2.23. The SMILES string of the molecule is CSCCC[n+]1cc[nH]c1CCCCCC#N. The van der Waals surface area contributed by atoms with Crippen LogP contribution in [-0.2, 0) is 13.0 Å². The molecule has 94 valence electrons. The van der Waals surface area contributed by atoms with Crippen molar-refractivity contribution in [1.82, 2.24) is 4.98 Å². The Labute approximate surface area is 108 Å². The summed E-state index contributed by atoms with van der Waals surface area (Å²) in [4.78, 5) is 3.31. The highest BCUT2D eigenvalue weighted by molar-refractivity contribution is 7.98. The molecule has 0 unspecified atom stereocenters. The maximum Gasteiger partial charge on any atom is 0.254 e. The van der Waals surface area contributed by atoms with Gasteiger partial charge in [0.1, 0.15) is 12.4 Å². The van der Waals surface area contributed by atoms with Crippen molar-refractivity contribution in [2.24, 2.45) is 0 Å². The average Bonchev–Trinajstić information content (AvgIpc) is 2.77. The molecule has 0 spiro atoms. The first kappa shape index (κ1) is 14.1. The topological polar surface area (TPSA) is 43.5 Å². The van der Waals surface area contributed by atoms with E-state index in [2.05, 4.69) is 28.1 Å². The number of thioether (sulfide) groups is 1. The fourth-order valence-electron chi connectivity index (χ4n) is 1.87. The highest BCUT2D eigenvalue weighted by Gasteiger charge is 2.09. The van der Waals surface area contributed by atoms with Crippen LogP contribution in [0, 0.1) is 11.3 Å². The number of aryl methyl sites for hydroxylation is 2. The summed E-state index contributed by atoms with van der Waals surface area (Å²) in [6.07, 6.45) is 12.7. The summed E-state index contributed by atoms with van der Waals surface area (Å²) in [5.74, 6) is 2.54. The molecule has 0 bridgehead atoms. The van der Waals surface area contributed by atoms with Crippen LogP contribution in [-0.4, -0.2) is 17.0 Å². The molecule has 0 saturated heterocycles. The third-order valence-corrected chi connectivity index (χ3v) is 3.50. The summed E-state index contributed by atoms with van der Waals surface area (Å²) < 4.78 is 2.32. The van der Waals surface area contributed by atoms with E-state index in [1.807, 2.05) is 18.0 Å². The first-order chi connectivity index (χ1) is 8.38. The van der Waals surface area contributed by atoms with Crippen molar-refractivity contribution in [2.45, 2.75) is 45.1 Å². The van der Waals surface area contributed by atoms with Gasteiger partial charge >= 0.3 is 0 Å². The van der Waals surface area contributed by atoms with Gasteiger partial charge < -0.3 is 0 Å². The molecule has 1 N–H and O–H groups in total. The lowest BCUT2D eigenvalue weighted by atomic mass is 10.1.